The highest BCUT2D eigenvalue weighted by Gasteiger charge is 2.35. The van der Waals surface area contributed by atoms with E-state index in [1.54, 1.807) is 6.34 Å². The second-order valence-electron chi connectivity index (χ2n) is 8.75. The van der Waals surface area contributed by atoms with Gasteiger partial charge < -0.3 is 19.7 Å². The first-order chi connectivity index (χ1) is 15.7. The smallest absolute Gasteiger partial charge is 0.225 e. The number of carbonyl (C=O) groups excluding carboxylic acids is 1. The first kappa shape index (κ1) is 19.1. The van der Waals surface area contributed by atoms with Crippen LogP contribution in [0.2, 0.25) is 0 Å². The number of likely N-dealkylation sites (tertiary alicyclic amines) is 1. The standard InChI is InChI=1S/C25H24N4O3/c30-24-18(12-15-4-7-19-21(13-15)27-14-26-19)23-20(28-24)2-1-3-22(23)32-17-8-10-29(11-9-17)25(31)16-5-6-16/h1-4,7,12-14,16-17,28,30H,5-6,8-11H2/b15-12+. The number of aromatic hydroxyl groups is 1. The van der Waals surface area contributed by atoms with Crippen molar-refractivity contribution in [3.05, 3.63) is 52.5 Å². The van der Waals surface area contributed by atoms with Crippen molar-refractivity contribution in [1.82, 2.24) is 9.88 Å². The molecule has 0 spiro atoms. The number of hydrogen-bond donors (Lipinski definition) is 2. The van der Waals surface area contributed by atoms with Crippen molar-refractivity contribution >= 4 is 34.9 Å². The van der Waals surface area contributed by atoms with Gasteiger partial charge in [0.05, 0.1) is 21.9 Å². The largest absolute Gasteiger partial charge is 0.494 e. The van der Waals surface area contributed by atoms with Gasteiger partial charge >= 0.3 is 0 Å². The van der Waals surface area contributed by atoms with Crippen LogP contribution in [0.4, 0.5) is 5.69 Å². The quantitative estimate of drug-likeness (QED) is 0.670. The maximum Gasteiger partial charge on any atom is 0.225 e. The molecule has 2 fully saturated rings. The molecular formula is C25H24N4O3. The molecular weight excluding hydrogens is 404 g/mol. The second kappa shape index (κ2) is 7.51. The van der Waals surface area contributed by atoms with Crippen molar-refractivity contribution in [3.8, 4) is 11.6 Å². The molecule has 0 unspecified atom stereocenters. The summed E-state index contributed by atoms with van der Waals surface area (Å²) in [5.74, 6) is 1.42. The lowest BCUT2D eigenvalue weighted by Gasteiger charge is -2.32. The highest BCUT2D eigenvalue weighted by Crippen LogP contribution is 2.37. The van der Waals surface area contributed by atoms with Crippen LogP contribution in [0.25, 0.3) is 17.0 Å². The predicted octanol–water partition coefficient (Wildman–Crippen LogP) is 2.78. The number of rotatable bonds is 4. The molecule has 0 radical (unpaired) electrons. The molecule has 2 aromatic carbocycles. The van der Waals surface area contributed by atoms with Crippen molar-refractivity contribution in [1.29, 1.82) is 0 Å². The molecule has 7 nitrogen and oxygen atoms in total. The number of ether oxygens (including phenoxy) is 1. The maximum absolute atomic E-state index is 12.3. The van der Waals surface area contributed by atoms with E-state index in [4.69, 9.17) is 4.74 Å². The first-order valence-corrected chi connectivity index (χ1v) is 11.2. The Labute approximate surface area is 184 Å². The lowest BCUT2D eigenvalue weighted by Crippen LogP contribution is -2.42. The number of H-pyrrole nitrogens is 1. The normalized spacial score (nSPS) is 18.8. The minimum Gasteiger partial charge on any atom is -0.494 e. The van der Waals surface area contributed by atoms with Crippen molar-refractivity contribution in [2.75, 3.05) is 13.1 Å². The van der Waals surface area contributed by atoms with E-state index >= 15 is 0 Å². The van der Waals surface area contributed by atoms with Crippen LogP contribution in [0, 0.1) is 5.92 Å². The Morgan fingerprint density at radius 2 is 2.00 bits per heavy atom. The zero-order valence-corrected chi connectivity index (χ0v) is 17.6. The fraction of sp³-hybridized carbons (Fsp3) is 0.320. The van der Waals surface area contributed by atoms with Gasteiger partial charge in [-0.05, 0) is 48.4 Å². The SMILES string of the molecule is O=C(C1CC1)N1CCC(Oc2cccc3[nH]c(O)c(/C=c4\ccc5c(c4)N=CN=5)c23)CC1. The van der Waals surface area contributed by atoms with Gasteiger partial charge in [0.15, 0.2) is 5.88 Å². The maximum atomic E-state index is 12.3. The van der Waals surface area contributed by atoms with Crippen LogP contribution in [-0.2, 0) is 4.79 Å². The van der Waals surface area contributed by atoms with Crippen LogP contribution in [-0.4, -0.2) is 46.4 Å². The Morgan fingerprint density at radius 1 is 1.16 bits per heavy atom. The lowest BCUT2D eigenvalue weighted by molar-refractivity contribution is -0.134. The summed E-state index contributed by atoms with van der Waals surface area (Å²) in [6, 6.07) is 11.6. The van der Waals surface area contributed by atoms with Gasteiger partial charge in [-0.15, -0.1) is 0 Å². The van der Waals surface area contributed by atoms with Gasteiger partial charge in [-0.2, -0.15) is 0 Å². The average molecular weight is 428 g/mol. The molecule has 1 saturated carbocycles. The van der Waals surface area contributed by atoms with Gasteiger partial charge in [0.25, 0.3) is 0 Å². The average Bonchev–Trinajstić information content (AvgIpc) is 3.47. The third-order valence-corrected chi connectivity index (χ3v) is 6.48. The summed E-state index contributed by atoms with van der Waals surface area (Å²) >= 11 is 0. The van der Waals surface area contributed by atoms with E-state index in [0.29, 0.717) is 11.5 Å². The Balaban J connectivity index is 1.29. The van der Waals surface area contributed by atoms with E-state index in [1.165, 1.54) is 0 Å². The third kappa shape index (κ3) is 3.43. The molecule has 0 atom stereocenters. The van der Waals surface area contributed by atoms with Crippen LogP contribution < -0.4 is 15.3 Å². The lowest BCUT2D eigenvalue weighted by atomic mass is 10.1. The highest BCUT2D eigenvalue weighted by molar-refractivity contribution is 5.96. The molecule has 1 saturated heterocycles. The van der Waals surface area contributed by atoms with Crippen LogP contribution in [0.15, 0.2) is 46.4 Å². The molecule has 3 aliphatic rings. The van der Waals surface area contributed by atoms with Crippen LogP contribution >= 0.6 is 0 Å². The minimum absolute atomic E-state index is 0.0460. The van der Waals surface area contributed by atoms with Gasteiger partial charge in [-0.1, -0.05) is 12.1 Å². The number of amides is 1. The monoisotopic (exact) mass is 428 g/mol. The molecule has 32 heavy (non-hydrogen) atoms. The predicted molar refractivity (Wildman–Crippen MR) is 122 cm³/mol. The number of aromatic amines is 1. The number of fused-ring (bicyclic) bond motifs is 2. The number of carbonyl (C=O) groups is 1. The molecule has 1 amide bonds. The van der Waals surface area contributed by atoms with Crippen molar-refractivity contribution < 1.29 is 14.6 Å². The molecule has 2 N–H and O–H groups in total. The minimum atomic E-state index is 0.0460. The summed E-state index contributed by atoms with van der Waals surface area (Å²) in [7, 11) is 0. The molecule has 1 aliphatic carbocycles. The number of hydrogen-bond acceptors (Lipinski definition) is 5. The summed E-state index contributed by atoms with van der Waals surface area (Å²) in [5, 5.41) is 13.3. The van der Waals surface area contributed by atoms with Crippen LogP contribution in [0.1, 0.15) is 31.2 Å². The van der Waals surface area contributed by atoms with Gasteiger partial charge in [-0.3, -0.25) is 4.79 Å². The molecule has 7 heteroatoms. The highest BCUT2D eigenvalue weighted by atomic mass is 16.5. The topological polar surface area (TPSA) is 90.3 Å². The molecule has 162 valence electrons. The first-order valence-electron chi connectivity index (χ1n) is 11.2. The summed E-state index contributed by atoms with van der Waals surface area (Å²) < 4.78 is 6.41. The van der Waals surface area contributed by atoms with E-state index in [1.807, 2.05) is 47.4 Å². The Hall–Kier alpha value is -3.61. The second-order valence-corrected chi connectivity index (χ2v) is 8.75. The molecule has 0 bridgehead atoms. The number of nitrogens with one attached hydrogen (secondary N) is 1. The fourth-order valence-electron chi connectivity index (χ4n) is 4.59. The Morgan fingerprint density at radius 3 is 2.81 bits per heavy atom. The van der Waals surface area contributed by atoms with E-state index < -0.39 is 0 Å². The summed E-state index contributed by atoms with van der Waals surface area (Å²) in [6.45, 7) is 1.49. The molecule has 3 aromatic rings. The van der Waals surface area contributed by atoms with Crippen molar-refractivity contribution in [3.63, 3.8) is 0 Å². The molecule has 2 aliphatic heterocycles. The van der Waals surface area contributed by atoms with E-state index in [-0.39, 0.29) is 17.9 Å². The number of piperidine rings is 1. The van der Waals surface area contributed by atoms with E-state index in [0.717, 1.165) is 71.7 Å². The number of benzene rings is 2. The van der Waals surface area contributed by atoms with Gasteiger partial charge in [-0.25, -0.2) is 9.98 Å². The van der Waals surface area contributed by atoms with Crippen LogP contribution in [0.3, 0.4) is 0 Å². The molecule has 1 aromatic heterocycles. The van der Waals surface area contributed by atoms with Crippen molar-refractivity contribution in [2.24, 2.45) is 15.9 Å². The van der Waals surface area contributed by atoms with E-state index in [2.05, 4.69) is 15.0 Å². The third-order valence-electron chi connectivity index (χ3n) is 6.48. The van der Waals surface area contributed by atoms with Gasteiger partial charge in [0.1, 0.15) is 18.2 Å². The number of aromatic nitrogens is 1. The summed E-state index contributed by atoms with van der Waals surface area (Å²) in [4.78, 5) is 25.9. The summed E-state index contributed by atoms with van der Waals surface area (Å²) in [5.41, 5.74) is 2.33. The number of aliphatic imine (C=N–C) groups is 1. The molecule has 3 heterocycles. The fourth-order valence-corrected chi connectivity index (χ4v) is 4.59. The van der Waals surface area contributed by atoms with Crippen LogP contribution in [0.5, 0.6) is 11.6 Å². The molecule has 6 rings (SSSR count). The number of nitrogens with zero attached hydrogens (tertiary/aromatic N) is 3. The Bertz CT molecular complexity index is 1360. The zero-order valence-electron chi connectivity index (χ0n) is 17.6. The van der Waals surface area contributed by atoms with Gasteiger partial charge in [0, 0.05) is 37.4 Å². The summed E-state index contributed by atoms with van der Waals surface area (Å²) in [6.07, 6.45) is 7.24. The van der Waals surface area contributed by atoms with Crippen molar-refractivity contribution in [2.45, 2.75) is 31.8 Å². The Kier molecular flexibility index (Phi) is 4.48. The van der Waals surface area contributed by atoms with Gasteiger partial charge in [0.2, 0.25) is 5.91 Å². The zero-order chi connectivity index (χ0) is 21.7. The van der Waals surface area contributed by atoms with E-state index in [9.17, 15) is 9.90 Å².